The van der Waals surface area contributed by atoms with Gasteiger partial charge in [0.2, 0.25) is 0 Å². The fraction of sp³-hybridized carbons (Fsp3) is 0.304. The molecular weight excluding hydrogens is 306 g/mol. The van der Waals surface area contributed by atoms with Gasteiger partial charge in [-0.25, -0.2) is 0 Å². The summed E-state index contributed by atoms with van der Waals surface area (Å²) in [5.74, 6) is 1.50. The second kappa shape index (κ2) is 6.38. The second-order valence-electron chi connectivity index (χ2n) is 6.77. The molecule has 0 heterocycles. The molecule has 0 saturated carbocycles. The van der Waals surface area contributed by atoms with E-state index in [4.69, 9.17) is 4.74 Å². The zero-order valence-corrected chi connectivity index (χ0v) is 14.8. The molecule has 2 heteroatoms. The molecule has 3 atom stereocenters. The first-order valence-electron chi connectivity index (χ1n) is 8.97. The van der Waals surface area contributed by atoms with Crippen molar-refractivity contribution in [2.75, 3.05) is 13.7 Å². The van der Waals surface area contributed by atoms with E-state index in [9.17, 15) is 0 Å². The number of ether oxygens (including phenoxy) is 1. The first-order chi connectivity index (χ1) is 12.3. The van der Waals surface area contributed by atoms with Gasteiger partial charge in [0, 0.05) is 25.1 Å². The van der Waals surface area contributed by atoms with Crippen LogP contribution in [-0.4, -0.2) is 19.9 Å². The maximum atomic E-state index is 6.01. The Labute approximate surface area is 149 Å². The first-order valence-corrected chi connectivity index (χ1v) is 8.97. The number of fused-ring (bicyclic) bond motifs is 3. The minimum absolute atomic E-state index is 0.236. The molecule has 2 aliphatic carbocycles. The van der Waals surface area contributed by atoms with Crippen molar-refractivity contribution in [3.05, 3.63) is 88.9 Å². The molecule has 0 aromatic heterocycles. The van der Waals surface area contributed by atoms with E-state index in [0.29, 0.717) is 12.5 Å². The van der Waals surface area contributed by atoms with Gasteiger partial charge >= 0.3 is 0 Å². The maximum absolute atomic E-state index is 6.01. The van der Waals surface area contributed by atoms with Crippen molar-refractivity contribution in [2.45, 2.75) is 25.2 Å². The Morgan fingerprint density at radius 3 is 2.56 bits per heavy atom. The summed E-state index contributed by atoms with van der Waals surface area (Å²) in [6.45, 7) is 2.68. The van der Waals surface area contributed by atoms with Crippen LogP contribution in [0.1, 0.15) is 41.9 Å². The summed E-state index contributed by atoms with van der Waals surface area (Å²) < 4.78 is 6.01. The molecule has 0 amide bonds. The molecule has 2 aliphatic rings. The van der Waals surface area contributed by atoms with Crippen molar-refractivity contribution in [3.63, 3.8) is 0 Å². The van der Waals surface area contributed by atoms with E-state index in [1.165, 1.54) is 16.7 Å². The van der Waals surface area contributed by atoms with E-state index >= 15 is 0 Å². The Balaban J connectivity index is 1.90. The average Bonchev–Trinajstić information content (AvgIpc) is 3.01. The normalized spacial score (nSPS) is 27.0. The molecule has 0 bridgehead atoms. The third-order valence-corrected chi connectivity index (χ3v) is 5.46. The van der Waals surface area contributed by atoms with Crippen LogP contribution in [0.5, 0.6) is 0 Å². The Bertz CT molecular complexity index is 861. The average molecular weight is 329 g/mol. The summed E-state index contributed by atoms with van der Waals surface area (Å²) in [4.78, 5) is 4.44. The molecule has 126 valence electrons. The molecule has 0 saturated heterocycles. The summed E-state index contributed by atoms with van der Waals surface area (Å²) >= 11 is 0. The minimum Gasteiger partial charge on any atom is -0.489 e. The third-order valence-electron chi connectivity index (χ3n) is 5.46. The fourth-order valence-corrected chi connectivity index (χ4v) is 4.45. The summed E-state index contributed by atoms with van der Waals surface area (Å²) in [6, 6.07) is 19.6. The van der Waals surface area contributed by atoms with Gasteiger partial charge in [0.25, 0.3) is 0 Å². The Hall–Kier alpha value is -2.57. The van der Waals surface area contributed by atoms with Crippen LogP contribution < -0.4 is 0 Å². The third kappa shape index (κ3) is 2.45. The van der Waals surface area contributed by atoms with Crippen LogP contribution in [0.3, 0.4) is 0 Å². The van der Waals surface area contributed by atoms with Crippen LogP contribution in [0.4, 0.5) is 0 Å². The summed E-state index contributed by atoms with van der Waals surface area (Å²) in [5.41, 5.74) is 7.30. The van der Waals surface area contributed by atoms with Gasteiger partial charge in [-0.05, 0) is 36.1 Å². The highest BCUT2D eigenvalue weighted by Gasteiger charge is 2.51. The quantitative estimate of drug-likeness (QED) is 0.566. The van der Waals surface area contributed by atoms with Gasteiger partial charge in [-0.15, -0.1) is 0 Å². The smallest absolute Gasteiger partial charge is 0.150 e. The lowest BCUT2D eigenvalue weighted by Crippen LogP contribution is -2.37. The molecule has 0 spiro atoms. The van der Waals surface area contributed by atoms with Gasteiger partial charge in [0.15, 0.2) is 5.76 Å². The largest absolute Gasteiger partial charge is 0.489 e. The molecule has 2 aromatic carbocycles. The van der Waals surface area contributed by atoms with E-state index in [2.05, 4.69) is 77.6 Å². The Morgan fingerprint density at radius 1 is 1.12 bits per heavy atom. The summed E-state index contributed by atoms with van der Waals surface area (Å²) in [5, 5.41) is 0. The standard InChI is InChI=1S/C23H23NO/c1-3-25-22-14-13-21-19-12-8-7-11-18(19)20(15-23(21,22)16-24-2)17-9-5-4-6-10-17/h4-13,16,20-21H,3,15H2,1-2H3. The second-order valence-corrected chi connectivity index (χ2v) is 6.77. The van der Waals surface area contributed by atoms with Gasteiger partial charge in [-0.2, -0.15) is 0 Å². The maximum Gasteiger partial charge on any atom is 0.150 e. The van der Waals surface area contributed by atoms with Crippen molar-refractivity contribution in [1.82, 2.24) is 0 Å². The zero-order chi connectivity index (χ0) is 17.3. The van der Waals surface area contributed by atoms with Gasteiger partial charge in [-0.1, -0.05) is 60.3 Å². The van der Waals surface area contributed by atoms with Gasteiger partial charge in [0.1, 0.15) is 0 Å². The SMILES string of the molecule is CCOC1=C=CC2c3ccccc3C(c3ccccc3)CC12C=NC. The van der Waals surface area contributed by atoms with E-state index in [0.717, 1.165) is 12.2 Å². The van der Waals surface area contributed by atoms with Crippen molar-refractivity contribution >= 4 is 6.21 Å². The van der Waals surface area contributed by atoms with Crippen LogP contribution in [0, 0.1) is 5.41 Å². The van der Waals surface area contributed by atoms with Crippen LogP contribution in [0.25, 0.3) is 0 Å². The molecule has 0 fully saturated rings. The number of rotatable bonds is 4. The number of allylic oxidation sites excluding steroid dienone is 1. The minimum atomic E-state index is -0.236. The van der Waals surface area contributed by atoms with Crippen LogP contribution in [-0.2, 0) is 4.74 Å². The highest BCUT2D eigenvalue weighted by Crippen LogP contribution is 2.57. The first kappa shape index (κ1) is 15.9. The molecule has 25 heavy (non-hydrogen) atoms. The lowest BCUT2D eigenvalue weighted by molar-refractivity contribution is 0.158. The predicted octanol–water partition coefficient (Wildman–Crippen LogP) is 5.08. The zero-order valence-electron chi connectivity index (χ0n) is 14.8. The number of hydrogen-bond donors (Lipinski definition) is 0. The lowest BCUT2D eigenvalue weighted by atomic mass is 9.60. The molecule has 2 aromatic rings. The molecule has 0 radical (unpaired) electrons. The Morgan fingerprint density at radius 2 is 1.84 bits per heavy atom. The number of aliphatic imine (C=N–C) groups is 1. The van der Waals surface area contributed by atoms with E-state index < -0.39 is 0 Å². The topological polar surface area (TPSA) is 21.6 Å². The molecule has 3 unspecified atom stereocenters. The van der Waals surface area contributed by atoms with Gasteiger partial charge < -0.3 is 4.74 Å². The summed E-state index contributed by atoms with van der Waals surface area (Å²) in [6.07, 6.45) is 5.21. The summed E-state index contributed by atoms with van der Waals surface area (Å²) in [7, 11) is 1.85. The predicted molar refractivity (Wildman–Crippen MR) is 102 cm³/mol. The Kier molecular flexibility index (Phi) is 4.07. The van der Waals surface area contributed by atoms with Gasteiger partial charge in [0.05, 0.1) is 12.0 Å². The molecule has 0 aliphatic heterocycles. The van der Waals surface area contributed by atoms with Crippen molar-refractivity contribution in [1.29, 1.82) is 0 Å². The number of benzene rings is 2. The fourth-order valence-electron chi connectivity index (χ4n) is 4.45. The van der Waals surface area contributed by atoms with E-state index in [1.54, 1.807) is 0 Å². The monoisotopic (exact) mass is 329 g/mol. The number of hydrogen-bond acceptors (Lipinski definition) is 2. The molecule has 0 N–H and O–H groups in total. The van der Waals surface area contributed by atoms with Gasteiger partial charge in [-0.3, -0.25) is 4.99 Å². The van der Waals surface area contributed by atoms with Crippen LogP contribution >= 0.6 is 0 Å². The van der Waals surface area contributed by atoms with Crippen molar-refractivity contribution in [2.24, 2.45) is 10.4 Å². The van der Waals surface area contributed by atoms with E-state index in [-0.39, 0.29) is 11.3 Å². The van der Waals surface area contributed by atoms with Crippen LogP contribution in [0.15, 0.2) is 77.2 Å². The van der Waals surface area contributed by atoms with Crippen LogP contribution in [0.2, 0.25) is 0 Å². The van der Waals surface area contributed by atoms with E-state index in [1.807, 2.05) is 14.0 Å². The molecular formula is C23H23NO. The molecule has 4 rings (SSSR count). The number of nitrogens with zero attached hydrogens (tertiary/aromatic N) is 1. The highest BCUT2D eigenvalue weighted by atomic mass is 16.5. The van der Waals surface area contributed by atoms with Crippen molar-refractivity contribution in [3.8, 4) is 0 Å². The molecule has 2 nitrogen and oxygen atoms in total. The highest BCUT2D eigenvalue weighted by molar-refractivity contribution is 5.76. The van der Waals surface area contributed by atoms with Crippen molar-refractivity contribution < 1.29 is 4.74 Å². The lowest BCUT2D eigenvalue weighted by Gasteiger charge is -2.43.